The number of anilines is 1. The van der Waals surface area contributed by atoms with Crippen LogP contribution in [0.15, 0.2) is 47.4 Å². The molecular weight excluding hydrogens is 400 g/mol. The maximum atomic E-state index is 13.1. The third kappa shape index (κ3) is 4.48. The van der Waals surface area contributed by atoms with Crippen molar-refractivity contribution in [1.82, 2.24) is 4.31 Å². The molecule has 1 fully saturated rings. The summed E-state index contributed by atoms with van der Waals surface area (Å²) in [7, 11) is -2.20. The Bertz CT molecular complexity index is 961. The normalized spacial score (nSPS) is 17.9. The minimum absolute atomic E-state index is 0.0364. The fourth-order valence-electron chi connectivity index (χ4n) is 3.22. The lowest BCUT2D eigenvalue weighted by atomic mass is 10.0. The van der Waals surface area contributed by atoms with Crippen LogP contribution in [0.3, 0.4) is 0 Å². The fourth-order valence-corrected chi connectivity index (χ4v) is 5.32. The fraction of sp³-hybridized carbons (Fsp3) is 0.350. The van der Waals surface area contributed by atoms with Crippen LogP contribution in [0.5, 0.6) is 5.75 Å². The summed E-state index contributed by atoms with van der Waals surface area (Å²) in [5.74, 6) is 0.558. The number of nitrogens with one attached hydrogen (secondary N) is 1. The Morgan fingerprint density at radius 2 is 1.93 bits per heavy atom. The van der Waals surface area contributed by atoms with Gasteiger partial charge in [0.15, 0.2) is 0 Å². The number of carbonyl (C=O) groups is 1. The summed E-state index contributed by atoms with van der Waals surface area (Å²) in [6, 6.07) is 11.2. The van der Waals surface area contributed by atoms with E-state index in [1.54, 1.807) is 31.4 Å². The highest BCUT2D eigenvalue weighted by Gasteiger charge is 2.30. The molecule has 28 heavy (non-hydrogen) atoms. The maximum Gasteiger partial charge on any atom is 0.255 e. The van der Waals surface area contributed by atoms with E-state index in [4.69, 9.17) is 16.3 Å². The van der Waals surface area contributed by atoms with Crippen LogP contribution in [0.2, 0.25) is 5.02 Å². The standard InChI is InChI=1S/C20H23ClN2O4S/c1-14-4-3-11-23(13-14)28(25,26)19-12-15(5-10-18(19)21)20(24)22-16-6-8-17(27-2)9-7-16/h5-10,12,14H,3-4,11,13H2,1-2H3,(H,22,24). The second-order valence-corrected chi connectivity index (χ2v) is 9.25. The van der Waals surface area contributed by atoms with Crippen molar-refractivity contribution in [2.24, 2.45) is 5.92 Å². The van der Waals surface area contributed by atoms with Crippen LogP contribution in [0.4, 0.5) is 5.69 Å². The number of nitrogens with zero attached hydrogens (tertiary/aromatic N) is 1. The van der Waals surface area contributed by atoms with Gasteiger partial charge in [0.2, 0.25) is 10.0 Å². The number of ether oxygens (including phenoxy) is 1. The molecule has 8 heteroatoms. The molecule has 0 radical (unpaired) electrons. The lowest BCUT2D eigenvalue weighted by Crippen LogP contribution is -2.39. The van der Waals surface area contributed by atoms with Gasteiger partial charge in [0.1, 0.15) is 10.6 Å². The monoisotopic (exact) mass is 422 g/mol. The predicted octanol–water partition coefficient (Wildman–Crippen LogP) is 4.02. The first-order valence-corrected chi connectivity index (χ1v) is 10.9. The minimum atomic E-state index is -3.76. The zero-order chi connectivity index (χ0) is 20.3. The number of hydrogen-bond donors (Lipinski definition) is 1. The molecule has 1 amide bonds. The molecule has 1 aliphatic rings. The maximum absolute atomic E-state index is 13.1. The summed E-state index contributed by atoms with van der Waals surface area (Å²) in [4.78, 5) is 12.6. The SMILES string of the molecule is COc1ccc(NC(=O)c2ccc(Cl)c(S(=O)(=O)N3CCCC(C)C3)c2)cc1. The molecule has 1 unspecified atom stereocenters. The Morgan fingerprint density at radius 3 is 2.57 bits per heavy atom. The average molecular weight is 423 g/mol. The minimum Gasteiger partial charge on any atom is -0.497 e. The van der Waals surface area contributed by atoms with Crippen molar-refractivity contribution in [1.29, 1.82) is 0 Å². The highest BCUT2D eigenvalue weighted by atomic mass is 35.5. The summed E-state index contributed by atoms with van der Waals surface area (Å²) in [6.07, 6.45) is 1.82. The molecule has 1 saturated heterocycles. The number of methoxy groups -OCH3 is 1. The molecule has 0 spiro atoms. The molecule has 3 rings (SSSR count). The van der Waals surface area contributed by atoms with Crippen molar-refractivity contribution in [2.75, 3.05) is 25.5 Å². The molecule has 2 aromatic carbocycles. The van der Waals surface area contributed by atoms with Crippen LogP contribution in [-0.2, 0) is 10.0 Å². The first-order valence-electron chi connectivity index (χ1n) is 9.06. The van der Waals surface area contributed by atoms with Gasteiger partial charge in [-0.05, 0) is 61.2 Å². The molecule has 1 heterocycles. The lowest BCUT2D eigenvalue weighted by Gasteiger charge is -2.30. The number of benzene rings is 2. The highest BCUT2D eigenvalue weighted by Crippen LogP contribution is 2.29. The molecule has 6 nitrogen and oxygen atoms in total. The van der Waals surface area contributed by atoms with Crippen molar-refractivity contribution in [3.05, 3.63) is 53.1 Å². The molecule has 0 aliphatic carbocycles. The van der Waals surface area contributed by atoms with Crippen LogP contribution < -0.4 is 10.1 Å². The number of amides is 1. The molecule has 1 atom stereocenters. The smallest absolute Gasteiger partial charge is 0.255 e. The second-order valence-electron chi connectivity index (χ2n) is 6.94. The molecule has 1 N–H and O–H groups in total. The number of rotatable bonds is 5. The van der Waals surface area contributed by atoms with E-state index in [1.165, 1.54) is 22.5 Å². The van der Waals surface area contributed by atoms with Gasteiger partial charge in [-0.3, -0.25) is 4.79 Å². The van der Waals surface area contributed by atoms with E-state index >= 15 is 0 Å². The summed E-state index contributed by atoms with van der Waals surface area (Å²) >= 11 is 6.18. The van der Waals surface area contributed by atoms with Crippen molar-refractivity contribution in [3.63, 3.8) is 0 Å². The Kier molecular flexibility index (Phi) is 6.27. The average Bonchev–Trinajstić information content (AvgIpc) is 2.68. The van der Waals surface area contributed by atoms with Crippen LogP contribution >= 0.6 is 11.6 Å². The number of sulfonamides is 1. The Morgan fingerprint density at radius 1 is 1.21 bits per heavy atom. The molecule has 1 aliphatic heterocycles. The lowest BCUT2D eigenvalue weighted by molar-refractivity contribution is 0.102. The Hall–Kier alpha value is -2.09. The van der Waals surface area contributed by atoms with Crippen molar-refractivity contribution in [2.45, 2.75) is 24.7 Å². The summed E-state index contributed by atoms with van der Waals surface area (Å²) in [6.45, 7) is 2.95. The molecular formula is C20H23ClN2O4S. The van der Waals surface area contributed by atoms with Crippen LogP contribution in [0.1, 0.15) is 30.1 Å². The number of carbonyl (C=O) groups excluding carboxylic acids is 1. The summed E-state index contributed by atoms with van der Waals surface area (Å²) in [5.41, 5.74) is 0.805. The molecule has 0 bridgehead atoms. The van der Waals surface area contributed by atoms with Crippen molar-refractivity contribution >= 4 is 33.2 Å². The van der Waals surface area contributed by atoms with Crippen LogP contribution in [0.25, 0.3) is 0 Å². The van der Waals surface area contributed by atoms with Gasteiger partial charge in [0.05, 0.1) is 12.1 Å². The quantitative estimate of drug-likeness (QED) is 0.789. The molecule has 0 saturated carbocycles. The van der Waals surface area contributed by atoms with Gasteiger partial charge < -0.3 is 10.1 Å². The van der Waals surface area contributed by atoms with Crippen molar-refractivity contribution < 1.29 is 17.9 Å². The third-order valence-electron chi connectivity index (χ3n) is 4.78. The van der Waals surface area contributed by atoms with E-state index < -0.39 is 15.9 Å². The van der Waals surface area contributed by atoms with E-state index in [9.17, 15) is 13.2 Å². The first-order chi connectivity index (χ1) is 13.3. The summed E-state index contributed by atoms with van der Waals surface area (Å²) in [5, 5.41) is 2.86. The topological polar surface area (TPSA) is 75.7 Å². The van der Waals surface area contributed by atoms with Gasteiger partial charge >= 0.3 is 0 Å². The van der Waals surface area contributed by atoms with Crippen LogP contribution in [-0.4, -0.2) is 38.8 Å². The van der Waals surface area contributed by atoms with Crippen LogP contribution in [0, 0.1) is 5.92 Å². The van der Waals surface area contributed by atoms with Gasteiger partial charge in [0, 0.05) is 24.3 Å². The van der Waals surface area contributed by atoms with E-state index in [-0.39, 0.29) is 15.5 Å². The summed E-state index contributed by atoms with van der Waals surface area (Å²) < 4.78 is 32.6. The van der Waals surface area contributed by atoms with E-state index in [0.29, 0.717) is 30.4 Å². The second kappa shape index (κ2) is 8.51. The number of piperidine rings is 1. The van der Waals surface area contributed by atoms with Gasteiger partial charge in [-0.25, -0.2) is 8.42 Å². The molecule has 150 valence electrons. The highest BCUT2D eigenvalue weighted by molar-refractivity contribution is 7.89. The molecule has 0 aromatic heterocycles. The number of hydrogen-bond acceptors (Lipinski definition) is 4. The van der Waals surface area contributed by atoms with Crippen molar-refractivity contribution in [3.8, 4) is 5.75 Å². The zero-order valence-electron chi connectivity index (χ0n) is 15.8. The van der Waals surface area contributed by atoms with Gasteiger partial charge in [-0.2, -0.15) is 4.31 Å². The van der Waals surface area contributed by atoms with E-state index in [1.807, 2.05) is 6.92 Å². The number of halogens is 1. The van der Waals surface area contributed by atoms with Gasteiger partial charge in [-0.15, -0.1) is 0 Å². The third-order valence-corrected chi connectivity index (χ3v) is 7.13. The first kappa shape index (κ1) is 20.6. The van der Waals surface area contributed by atoms with E-state index in [2.05, 4.69) is 5.32 Å². The van der Waals surface area contributed by atoms with Gasteiger partial charge in [0.25, 0.3) is 5.91 Å². The zero-order valence-corrected chi connectivity index (χ0v) is 17.4. The largest absolute Gasteiger partial charge is 0.497 e. The predicted molar refractivity (Wildman–Crippen MR) is 110 cm³/mol. The van der Waals surface area contributed by atoms with E-state index in [0.717, 1.165) is 12.8 Å². The Labute approximate surface area is 170 Å². The van der Waals surface area contributed by atoms with Gasteiger partial charge in [-0.1, -0.05) is 18.5 Å². The molecule has 2 aromatic rings. The Balaban J connectivity index is 1.84.